The molecule has 1 heterocycles. The summed E-state index contributed by atoms with van der Waals surface area (Å²) in [5.74, 6) is 0.631. The normalized spacial score (nSPS) is 10.4. The molecule has 2 N–H and O–H groups in total. The summed E-state index contributed by atoms with van der Waals surface area (Å²) in [4.78, 5) is 7.70. The molecule has 2 rings (SSSR count). The molecule has 0 amide bonds. The zero-order chi connectivity index (χ0) is 11.4. The van der Waals surface area contributed by atoms with E-state index in [0.717, 1.165) is 11.5 Å². The van der Waals surface area contributed by atoms with Crippen molar-refractivity contribution < 1.29 is 4.39 Å². The van der Waals surface area contributed by atoms with Crippen LogP contribution in [0.2, 0.25) is 0 Å². The van der Waals surface area contributed by atoms with Gasteiger partial charge in [0.25, 0.3) is 0 Å². The number of aromatic amines is 1. The number of hydrogen-bond donors (Lipinski definition) is 2. The van der Waals surface area contributed by atoms with Gasteiger partial charge >= 0.3 is 0 Å². The number of nitrogens with zero attached hydrogens (tertiary/aromatic N) is 1. The Morgan fingerprint density at radius 2 is 2.38 bits per heavy atom. The van der Waals surface area contributed by atoms with Crippen LogP contribution in [-0.2, 0) is 6.54 Å². The number of hydrogen-bond acceptors (Lipinski definition) is 3. The predicted molar refractivity (Wildman–Crippen MR) is 64.1 cm³/mol. The van der Waals surface area contributed by atoms with Crippen molar-refractivity contribution in [1.29, 1.82) is 0 Å². The maximum Gasteiger partial charge on any atom is 0.138 e. The van der Waals surface area contributed by atoms with Crippen LogP contribution in [-0.4, -0.2) is 16.2 Å². The van der Waals surface area contributed by atoms with Crippen molar-refractivity contribution in [3.63, 3.8) is 0 Å². The van der Waals surface area contributed by atoms with Gasteiger partial charge in [-0.25, -0.2) is 9.37 Å². The average molecular weight is 237 g/mol. The lowest BCUT2D eigenvalue weighted by molar-refractivity contribution is 0.602. The molecule has 0 atom stereocenters. The average Bonchev–Trinajstić information content (AvgIpc) is 2.79. The fourth-order valence-corrected chi connectivity index (χ4v) is 1.81. The molecule has 0 aliphatic carbocycles. The van der Waals surface area contributed by atoms with Crippen LogP contribution in [0.15, 0.2) is 35.5 Å². The van der Waals surface area contributed by atoms with Crippen LogP contribution < -0.4 is 5.32 Å². The Labute approximate surface area is 97.5 Å². The first-order chi connectivity index (χ1) is 7.79. The molecular formula is C11H12FN3S. The van der Waals surface area contributed by atoms with Gasteiger partial charge in [-0.2, -0.15) is 0 Å². The van der Waals surface area contributed by atoms with Crippen LogP contribution in [0.25, 0.3) is 0 Å². The highest BCUT2D eigenvalue weighted by molar-refractivity contribution is 7.98. The van der Waals surface area contributed by atoms with E-state index in [4.69, 9.17) is 0 Å². The van der Waals surface area contributed by atoms with Crippen molar-refractivity contribution in [2.75, 3.05) is 11.6 Å². The van der Waals surface area contributed by atoms with E-state index >= 15 is 0 Å². The van der Waals surface area contributed by atoms with Crippen molar-refractivity contribution >= 4 is 17.4 Å². The minimum absolute atomic E-state index is 0.197. The summed E-state index contributed by atoms with van der Waals surface area (Å²) in [6, 6.07) is 5.12. The van der Waals surface area contributed by atoms with Gasteiger partial charge in [0, 0.05) is 23.0 Å². The summed E-state index contributed by atoms with van der Waals surface area (Å²) >= 11 is 1.40. The number of rotatable bonds is 4. The molecule has 2 aromatic rings. The smallest absolute Gasteiger partial charge is 0.138 e. The number of imidazole rings is 1. The van der Waals surface area contributed by atoms with E-state index in [2.05, 4.69) is 15.3 Å². The summed E-state index contributed by atoms with van der Waals surface area (Å²) in [7, 11) is 0. The van der Waals surface area contributed by atoms with Gasteiger partial charge in [-0.3, -0.25) is 0 Å². The van der Waals surface area contributed by atoms with Crippen molar-refractivity contribution in [1.82, 2.24) is 9.97 Å². The highest BCUT2D eigenvalue weighted by Crippen LogP contribution is 2.22. The minimum Gasteiger partial charge on any atom is -0.378 e. The van der Waals surface area contributed by atoms with Crippen LogP contribution in [0, 0.1) is 5.82 Å². The molecule has 84 valence electrons. The summed E-state index contributed by atoms with van der Waals surface area (Å²) < 4.78 is 13.4. The SMILES string of the molecule is CSc1ccc(NCc2ncc[nH]2)cc1F. The lowest BCUT2D eigenvalue weighted by atomic mass is 10.3. The lowest BCUT2D eigenvalue weighted by Crippen LogP contribution is -2.01. The Morgan fingerprint density at radius 1 is 1.50 bits per heavy atom. The Bertz CT molecular complexity index is 456. The number of halogens is 1. The molecule has 16 heavy (non-hydrogen) atoms. The third-order valence-corrected chi connectivity index (χ3v) is 2.94. The van der Waals surface area contributed by atoms with E-state index in [1.54, 1.807) is 18.5 Å². The molecule has 0 spiro atoms. The van der Waals surface area contributed by atoms with Crippen molar-refractivity contribution in [3.05, 3.63) is 42.2 Å². The monoisotopic (exact) mass is 237 g/mol. The molecule has 0 unspecified atom stereocenters. The van der Waals surface area contributed by atoms with Crippen LogP contribution in [0.3, 0.4) is 0 Å². The highest BCUT2D eigenvalue weighted by Gasteiger charge is 2.02. The summed E-state index contributed by atoms with van der Waals surface area (Å²) in [6.07, 6.45) is 5.30. The molecule has 0 fully saturated rings. The predicted octanol–water partition coefficient (Wildman–Crippen LogP) is 2.88. The molecular weight excluding hydrogens is 225 g/mol. The van der Waals surface area contributed by atoms with Crippen LogP contribution in [0.1, 0.15) is 5.82 Å². The van der Waals surface area contributed by atoms with Gasteiger partial charge < -0.3 is 10.3 Å². The first-order valence-electron chi connectivity index (χ1n) is 4.85. The molecule has 0 aliphatic rings. The van der Waals surface area contributed by atoms with Gasteiger partial charge in [-0.05, 0) is 24.5 Å². The van der Waals surface area contributed by atoms with E-state index in [9.17, 15) is 4.39 Å². The van der Waals surface area contributed by atoms with Crippen LogP contribution in [0.5, 0.6) is 0 Å². The topological polar surface area (TPSA) is 40.7 Å². The quantitative estimate of drug-likeness (QED) is 0.803. The van der Waals surface area contributed by atoms with Gasteiger partial charge in [0.1, 0.15) is 11.6 Å². The number of thioether (sulfide) groups is 1. The van der Waals surface area contributed by atoms with Gasteiger partial charge in [-0.15, -0.1) is 11.8 Å². The first-order valence-corrected chi connectivity index (χ1v) is 6.08. The zero-order valence-electron chi connectivity index (χ0n) is 8.83. The molecule has 0 aliphatic heterocycles. The van der Waals surface area contributed by atoms with E-state index in [0.29, 0.717) is 11.4 Å². The largest absolute Gasteiger partial charge is 0.378 e. The lowest BCUT2D eigenvalue weighted by Gasteiger charge is -2.06. The van der Waals surface area contributed by atoms with E-state index in [1.807, 2.05) is 12.3 Å². The maximum atomic E-state index is 13.4. The standard InChI is InChI=1S/C11H12FN3S/c1-16-10-3-2-8(6-9(10)12)15-7-11-13-4-5-14-11/h2-6,15H,7H2,1H3,(H,13,14). The number of anilines is 1. The zero-order valence-corrected chi connectivity index (χ0v) is 9.64. The minimum atomic E-state index is -0.197. The molecule has 5 heteroatoms. The van der Waals surface area contributed by atoms with Crippen LogP contribution >= 0.6 is 11.8 Å². The Balaban J connectivity index is 2.02. The molecule has 0 saturated carbocycles. The van der Waals surface area contributed by atoms with Gasteiger partial charge in [-0.1, -0.05) is 0 Å². The van der Waals surface area contributed by atoms with Crippen molar-refractivity contribution in [2.24, 2.45) is 0 Å². The van der Waals surface area contributed by atoms with Crippen LogP contribution in [0.4, 0.5) is 10.1 Å². The van der Waals surface area contributed by atoms with Crippen molar-refractivity contribution in [3.8, 4) is 0 Å². The number of benzene rings is 1. The second-order valence-electron chi connectivity index (χ2n) is 3.24. The number of aromatic nitrogens is 2. The Kier molecular flexibility index (Phi) is 3.46. The molecule has 0 bridgehead atoms. The molecule has 0 radical (unpaired) electrons. The van der Waals surface area contributed by atoms with E-state index < -0.39 is 0 Å². The Morgan fingerprint density at radius 3 is 3.00 bits per heavy atom. The van der Waals surface area contributed by atoms with E-state index in [-0.39, 0.29) is 5.82 Å². The van der Waals surface area contributed by atoms with Gasteiger partial charge in [0.15, 0.2) is 0 Å². The summed E-state index contributed by atoms with van der Waals surface area (Å²) in [5, 5.41) is 3.10. The molecule has 1 aromatic carbocycles. The maximum absolute atomic E-state index is 13.4. The molecule has 3 nitrogen and oxygen atoms in total. The molecule has 0 saturated heterocycles. The third kappa shape index (κ3) is 2.55. The Hall–Kier alpha value is -1.49. The fraction of sp³-hybridized carbons (Fsp3) is 0.182. The number of nitrogens with one attached hydrogen (secondary N) is 2. The second-order valence-corrected chi connectivity index (χ2v) is 4.09. The fourth-order valence-electron chi connectivity index (χ4n) is 1.36. The highest BCUT2D eigenvalue weighted by atomic mass is 32.2. The molecule has 1 aromatic heterocycles. The second kappa shape index (κ2) is 5.03. The third-order valence-electron chi connectivity index (χ3n) is 2.17. The van der Waals surface area contributed by atoms with Gasteiger partial charge in [0.05, 0.1) is 6.54 Å². The van der Waals surface area contributed by atoms with E-state index in [1.165, 1.54) is 17.8 Å². The van der Waals surface area contributed by atoms with Crippen molar-refractivity contribution in [2.45, 2.75) is 11.4 Å². The number of H-pyrrole nitrogens is 1. The summed E-state index contributed by atoms with van der Waals surface area (Å²) in [6.45, 7) is 0.561. The van der Waals surface area contributed by atoms with Gasteiger partial charge in [0.2, 0.25) is 0 Å². The first kappa shape index (κ1) is 11.0. The summed E-state index contributed by atoms with van der Waals surface area (Å²) in [5.41, 5.74) is 0.756.